The number of nitrogens with two attached hydrogens (primary N) is 1. The predicted molar refractivity (Wildman–Crippen MR) is 77.0 cm³/mol. The largest absolute Gasteiger partial charge is 0.396 e. The molecule has 1 fully saturated rings. The monoisotopic (exact) mass is 303 g/mol. The van der Waals surface area contributed by atoms with Crippen LogP contribution < -0.4 is 11.1 Å². The van der Waals surface area contributed by atoms with E-state index in [9.17, 15) is 10.1 Å². The standard InChI is InChI=1S/C13H13N5O2S/c14-5-8-10(15)12(11(19)7-1-2-7)21-13(8)16-4-3-9-17-6-18-20-9/h6-7,16H,1-4,15H2. The second-order valence-corrected chi connectivity index (χ2v) is 5.83. The number of hydrogen-bond acceptors (Lipinski definition) is 8. The van der Waals surface area contributed by atoms with E-state index in [0.717, 1.165) is 12.8 Å². The SMILES string of the molecule is N#Cc1c(NCCc2ncno2)sc(C(=O)C2CC2)c1N. The number of nitrogens with zero attached hydrogens (tertiary/aromatic N) is 3. The summed E-state index contributed by atoms with van der Waals surface area (Å²) in [6, 6.07) is 2.06. The number of rotatable bonds is 6. The molecule has 0 bridgehead atoms. The van der Waals surface area contributed by atoms with Gasteiger partial charge in [-0.1, -0.05) is 5.16 Å². The maximum absolute atomic E-state index is 12.1. The van der Waals surface area contributed by atoms with Crippen molar-refractivity contribution >= 4 is 27.8 Å². The Labute approximate surface area is 124 Å². The Morgan fingerprint density at radius 3 is 3.05 bits per heavy atom. The van der Waals surface area contributed by atoms with Crippen molar-refractivity contribution in [3.05, 3.63) is 22.7 Å². The number of nitrogen functional groups attached to an aromatic ring is 1. The van der Waals surface area contributed by atoms with Gasteiger partial charge in [-0.2, -0.15) is 10.2 Å². The molecule has 1 aliphatic rings. The predicted octanol–water partition coefficient (Wildman–Crippen LogP) is 1.83. The van der Waals surface area contributed by atoms with E-state index in [2.05, 4.69) is 21.5 Å². The molecule has 2 aromatic rings. The van der Waals surface area contributed by atoms with Crippen LogP contribution in [0.1, 0.15) is 34.0 Å². The quantitative estimate of drug-likeness (QED) is 0.781. The lowest BCUT2D eigenvalue weighted by Crippen LogP contribution is -2.05. The van der Waals surface area contributed by atoms with E-state index in [-0.39, 0.29) is 11.7 Å². The topological polar surface area (TPSA) is 118 Å². The summed E-state index contributed by atoms with van der Waals surface area (Å²) in [4.78, 5) is 16.5. The van der Waals surface area contributed by atoms with Gasteiger partial charge in [0.15, 0.2) is 12.1 Å². The second-order valence-electron chi connectivity index (χ2n) is 4.81. The van der Waals surface area contributed by atoms with Gasteiger partial charge in [0.25, 0.3) is 0 Å². The molecular weight excluding hydrogens is 290 g/mol. The molecule has 0 radical (unpaired) electrons. The number of thiophene rings is 1. The fourth-order valence-corrected chi connectivity index (χ4v) is 3.10. The van der Waals surface area contributed by atoms with Gasteiger partial charge >= 0.3 is 0 Å². The van der Waals surface area contributed by atoms with Crippen molar-refractivity contribution in [2.24, 2.45) is 5.92 Å². The molecule has 1 saturated carbocycles. The van der Waals surface area contributed by atoms with Crippen LogP contribution in [0.2, 0.25) is 0 Å². The zero-order valence-electron chi connectivity index (χ0n) is 11.1. The Hall–Kier alpha value is -2.40. The van der Waals surface area contributed by atoms with Crippen molar-refractivity contribution in [2.75, 3.05) is 17.6 Å². The molecule has 0 aliphatic heterocycles. The van der Waals surface area contributed by atoms with E-state index in [4.69, 9.17) is 10.3 Å². The summed E-state index contributed by atoms with van der Waals surface area (Å²) in [5.74, 6) is 0.655. The van der Waals surface area contributed by atoms with Crippen molar-refractivity contribution < 1.29 is 9.32 Å². The minimum Gasteiger partial charge on any atom is -0.396 e. The molecule has 3 rings (SSSR count). The molecule has 21 heavy (non-hydrogen) atoms. The van der Waals surface area contributed by atoms with Crippen LogP contribution in [0, 0.1) is 17.2 Å². The van der Waals surface area contributed by atoms with Gasteiger partial charge in [0.2, 0.25) is 5.89 Å². The van der Waals surface area contributed by atoms with Crippen molar-refractivity contribution in [1.29, 1.82) is 5.26 Å². The Balaban J connectivity index is 1.73. The van der Waals surface area contributed by atoms with Crippen molar-refractivity contribution in [2.45, 2.75) is 19.3 Å². The Kier molecular flexibility index (Phi) is 3.58. The molecule has 8 heteroatoms. The van der Waals surface area contributed by atoms with Crippen LogP contribution >= 0.6 is 11.3 Å². The summed E-state index contributed by atoms with van der Waals surface area (Å²) in [6.07, 6.45) is 3.70. The van der Waals surface area contributed by atoms with Crippen molar-refractivity contribution in [3.8, 4) is 6.07 Å². The smallest absolute Gasteiger partial charge is 0.228 e. The fraction of sp³-hybridized carbons (Fsp3) is 0.385. The molecule has 0 saturated heterocycles. The molecule has 0 amide bonds. The lowest BCUT2D eigenvalue weighted by molar-refractivity contribution is 0.0972. The number of Topliss-reactive ketones (excluding diaryl/α,β-unsaturated/α-hetero) is 1. The maximum atomic E-state index is 12.1. The van der Waals surface area contributed by atoms with Gasteiger partial charge in [-0.05, 0) is 12.8 Å². The zero-order valence-corrected chi connectivity index (χ0v) is 11.9. The average molecular weight is 303 g/mol. The molecule has 108 valence electrons. The van der Waals surface area contributed by atoms with Gasteiger partial charge in [-0.3, -0.25) is 4.79 Å². The molecule has 0 aromatic carbocycles. The van der Waals surface area contributed by atoms with E-state index in [1.54, 1.807) is 0 Å². The maximum Gasteiger partial charge on any atom is 0.228 e. The van der Waals surface area contributed by atoms with E-state index < -0.39 is 0 Å². The molecule has 2 aromatic heterocycles. The summed E-state index contributed by atoms with van der Waals surface area (Å²) >= 11 is 1.25. The van der Waals surface area contributed by atoms with Crippen molar-refractivity contribution in [1.82, 2.24) is 10.1 Å². The summed E-state index contributed by atoms with van der Waals surface area (Å²) in [5.41, 5.74) is 6.57. The Bertz CT molecular complexity index is 697. The number of ketones is 1. The van der Waals surface area contributed by atoms with Crippen LogP contribution in [0.5, 0.6) is 0 Å². The summed E-state index contributed by atoms with van der Waals surface area (Å²) in [7, 11) is 0. The van der Waals surface area contributed by atoms with Gasteiger partial charge in [0.1, 0.15) is 16.6 Å². The zero-order chi connectivity index (χ0) is 14.8. The number of nitriles is 1. The first-order valence-electron chi connectivity index (χ1n) is 6.56. The highest BCUT2D eigenvalue weighted by Crippen LogP contribution is 2.41. The normalized spacial score (nSPS) is 13.9. The number of hydrogen-bond donors (Lipinski definition) is 2. The van der Waals surface area contributed by atoms with Gasteiger partial charge in [0, 0.05) is 18.9 Å². The molecule has 0 unspecified atom stereocenters. The first-order chi connectivity index (χ1) is 10.2. The van der Waals surface area contributed by atoms with Crippen LogP contribution in [0.4, 0.5) is 10.7 Å². The summed E-state index contributed by atoms with van der Waals surface area (Å²) < 4.78 is 4.89. The fourth-order valence-electron chi connectivity index (χ4n) is 1.98. The van der Waals surface area contributed by atoms with Gasteiger partial charge < -0.3 is 15.6 Å². The third-order valence-corrected chi connectivity index (χ3v) is 4.44. The van der Waals surface area contributed by atoms with E-state index in [0.29, 0.717) is 40.0 Å². The lowest BCUT2D eigenvalue weighted by Gasteiger charge is -2.01. The molecule has 3 N–H and O–H groups in total. The molecular formula is C13H13N5O2S. The Morgan fingerprint density at radius 2 is 2.43 bits per heavy atom. The Morgan fingerprint density at radius 1 is 1.62 bits per heavy atom. The van der Waals surface area contributed by atoms with E-state index in [1.165, 1.54) is 17.7 Å². The first kappa shape index (κ1) is 13.6. The summed E-state index contributed by atoms with van der Waals surface area (Å²) in [5, 5.41) is 16.5. The number of aromatic nitrogens is 2. The lowest BCUT2D eigenvalue weighted by atomic mass is 10.1. The van der Waals surface area contributed by atoms with E-state index in [1.807, 2.05) is 0 Å². The molecule has 0 atom stereocenters. The van der Waals surface area contributed by atoms with Gasteiger partial charge in [0.05, 0.1) is 10.6 Å². The summed E-state index contributed by atoms with van der Waals surface area (Å²) in [6.45, 7) is 0.522. The minimum absolute atomic E-state index is 0.0546. The van der Waals surface area contributed by atoms with Gasteiger partial charge in [-0.15, -0.1) is 11.3 Å². The number of nitrogens with one attached hydrogen (secondary N) is 1. The third kappa shape index (κ3) is 2.73. The first-order valence-corrected chi connectivity index (χ1v) is 7.38. The number of carbonyl (C=O) groups excluding carboxylic acids is 1. The minimum atomic E-state index is 0.0546. The highest BCUT2D eigenvalue weighted by molar-refractivity contribution is 7.19. The molecule has 7 nitrogen and oxygen atoms in total. The highest BCUT2D eigenvalue weighted by atomic mass is 32.1. The number of anilines is 2. The molecule has 0 spiro atoms. The highest BCUT2D eigenvalue weighted by Gasteiger charge is 2.34. The van der Waals surface area contributed by atoms with Crippen LogP contribution in [-0.4, -0.2) is 22.5 Å². The second kappa shape index (κ2) is 5.54. The van der Waals surface area contributed by atoms with Crippen LogP contribution in [-0.2, 0) is 6.42 Å². The average Bonchev–Trinajstić information content (AvgIpc) is 3.11. The van der Waals surface area contributed by atoms with Crippen LogP contribution in [0.3, 0.4) is 0 Å². The van der Waals surface area contributed by atoms with Crippen LogP contribution in [0.25, 0.3) is 0 Å². The van der Waals surface area contributed by atoms with Crippen molar-refractivity contribution in [3.63, 3.8) is 0 Å². The molecule has 2 heterocycles. The molecule has 1 aliphatic carbocycles. The number of carbonyl (C=O) groups is 1. The van der Waals surface area contributed by atoms with Crippen LogP contribution in [0.15, 0.2) is 10.9 Å². The third-order valence-electron chi connectivity index (χ3n) is 3.26. The van der Waals surface area contributed by atoms with E-state index >= 15 is 0 Å². The van der Waals surface area contributed by atoms with Gasteiger partial charge in [-0.25, -0.2) is 0 Å².